The Morgan fingerprint density at radius 2 is 1.54 bits per heavy atom. The number of nitrogens with zero attached hydrogens (tertiary/aromatic N) is 4. The molecule has 4 aromatic carbocycles. The van der Waals surface area contributed by atoms with Gasteiger partial charge in [0.15, 0.2) is 0 Å². The van der Waals surface area contributed by atoms with Gasteiger partial charge in [0.1, 0.15) is 0 Å². The third kappa shape index (κ3) is 8.02. The number of aryl methyl sites for hydroxylation is 1. The molecule has 0 spiro atoms. The van der Waals surface area contributed by atoms with Crippen molar-refractivity contribution in [2.75, 3.05) is 0 Å². The van der Waals surface area contributed by atoms with Gasteiger partial charge >= 0.3 is 0 Å². The summed E-state index contributed by atoms with van der Waals surface area (Å²) in [5.41, 5.74) is 10.3. The second-order valence-electron chi connectivity index (χ2n) is 15.5. The van der Waals surface area contributed by atoms with Gasteiger partial charge in [0.2, 0.25) is 5.71 Å². The van der Waals surface area contributed by atoms with Crippen LogP contribution in [0.3, 0.4) is 0 Å². The van der Waals surface area contributed by atoms with Crippen LogP contribution in [-0.4, -0.2) is 27.6 Å². The Morgan fingerprint density at radius 1 is 0.788 bits per heavy atom. The van der Waals surface area contributed by atoms with E-state index in [-0.39, 0.29) is 25.5 Å². The maximum Gasteiger partial charge on any atom is 0.216 e. The molecule has 0 saturated heterocycles. The van der Waals surface area contributed by atoms with Gasteiger partial charge in [-0.25, -0.2) is 4.98 Å². The van der Waals surface area contributed by atoms with Crippen LogP contribution in [0, 0.1) is 24.5 Å². The van der Waals surface area contributed by atoms with E-state index in [4.69, 9.17) is 14.4 Å². The third-order valence-corrected chi connectivity index (χ3v) is 11.1. The molecule has 0 amide bonds. The predicted molar refractivity (Wildman–Crippen MR) is 214 cm³/mol. The van der Waals surface area contributed by atoms with Crippen molar-refractivity contribution in [3.63, 3.8) is 0 Å². The average molecular weight is 877 g/mol. The van der Waals surface area contributed by atoms with Gasteiger partial charge in [-0.05, 0) is 59.5 Å². The molecule has 5 nitrogen and oxygen atoms in total. The summed E-state index contributed by atoms with van der Waals surface area (Å²) in [4.78, 5) is 14.3. The zero-order chi connectivity index (χ0) is 35.8. The Bertz CT molecular complexity index is 2460. The molecule has 4 aromatic heterocycles. The largest absolute Gasteiger partial charge is 0.486 e. The summed E-state index contributed by atoms with van der Waals surface area (Å²) < 4.78 is 8.46. The van der Waals surface area contributed by atoms with Crippen LogP contribution in [0.5, 0.6) is 0 Å². The van der Waals surface area contributed by atoms with Crippen LogP contribution in [0.4, 0.5) is 0 Å². The number of fused-ring (bicyclic) bond motifs is 4. The van der Waals surface area contributed by atoms with Crippen molar-refractivity contribution in [3.8, 4) is 22.6 Å². The first kappa shape index (κ1) is 37.1. The molecule has 0 fully saturated rings. The van der Waals surface area contributed by atoms with Gasteiger partial charge < -0.3 is 14.0 Å². The molecular formula is C45H44IrN4OSi-2. The summed E-state index contributed by atoms with van der Waals surface area (Å²) in [6.07, 6.45) is 3.21. The number of pyridine rings is 2. The number of hydrogen-bond donors (Lipinski definition) is 0. The molecule has 52 heavy (non-hydrogen) atoms. The summed E-state index contributed by atoms with van der Waals surface area (Å²) in [6.45, 7) is 16.8. The molecule has 7 heteroatoms. The number of para-hydroxylation sites is 2. The van der Waals surface area contributed by atoms with Gasteiger partial charge in [0.25, 0.3) is 0 Å². The smallest absolute Gasteiger partial charge is 0.216 e. The Labute approximate surface area is 321 Å². The van der Waals surface area contributed by atoms with E-state index in [1.165, 1.54) is 16.3 Å². The number of benzene rings is 4. The Kier molecular flexibility index (Phi) is 10.8. The van der Waals surface area contributed by atoms with Crippen molar-refractivity contribution in [3.05, 3.63) is 144 Å². The molecule has 8 aromatic rings. The van der Waals surface area contributed by atoms with E-state index in [0.29, 0.717) is 5.71 Å². The summed E-state index contributed by atoms with van der Waals surface area (Å²) >= 11 is 0. The quantitative estimate of drug-likeness (QED) is 0.123. The number of rotatable bonds is 6. The first-order valence-corrected chi connectivity index (χ1v) is 21.1. The number of aromatic nitrogens is 4. The molecule has 0 atom stereocenters. The van der Waals surface area contributed by atoms with Crippen LogP contribution in [0.25, 0.3) is 55.7 Å². The zero-order valence-electron chi connectivity index (χ0n) is 30.9. The van der Waals surface area contributed by atoms with E-state index in [0.717, 1.165) is 68.7 Å². The number of imidazole rings is 1. The first-order chi connectivity index (χ1) is 24.4. The molecule has 0 aliphatic carbocycles. The SMILES string of the molecule is CC(C)(C)Cc1cc(-c2[c-]cccc2)ncc1[Si](C)(C)C.Cc1ccc2c(n1)oc1c(-c3nc4ccccc4n3Cc3ccccc3)[c-]ccc12.[Ir]. The molecule has 0 unspecified atom stereocenters. The topological polar surface area (TPSA) is 56.7 Å². The Morgan fingerprint density at radius 3 is 2.27 bits per heavy atom. The fraction of sp³-hybridized carbons (Fsp3) is 0.222. The fourth-order valence-corrected chi connectivity index (χ4v) is 8.24. The molecule has 8 rings (SSSR count). The standard InChI is InChI=1S/C26H18N3O.C19H26NSi.Ir/c1-17-14-15-20-19-10-7-11-21(24(19)30-26(20)27-17)25-28-22-12-5-6-13-23(22)29(25)16-18-8-3-2-4-9-18;1-19(2,3)13-16-12-17(15-10-8-7-9-11-15)20-14-18(16)21(4,5)6;/h2-10,12-15H,16H2,1H3;7-10,12,14H,13H2,1-6H3;/q2*-1;. The molecule has 0 N–H and O–H groups in total. The Balaban J connectivity index is 0.000000187. The van der Waals surface area contributed by atoms with Gasteiger partial charge in [-0.1, -0.05) is 105 Å². The van der Waals surface area contributed by atoms with Crippen molar-refractivity contribution in [1.82, 2.24) is 19.5 Å². The van der Waals surface area contributed by atoms with Crippen LogP contribution in [0.2, 0.25) is 19.6 Å². The minimum Gasteiger partial charge on any atom is -0.486 e. The Hall–Kier alpha value is -4.68. The molecular weight excluding hydrogens is 833 g/mol. The molecule has 265 valence electrons. The van der Waals surface area contributed by atoms with Gasteiger partial charge in [-0.15, -0.1) is 54.1 Å². The summed E-state index contributed by atoms with van der Waals surface area (Å²) in [7, 11) is -1.37. The second-order valence-corrected chi connectivity index (χ2v) is 20.5. The van der Waals surface area contributed by atoms with E-state index in [1.54, 1.807) is 0 Å². The first-order valence-electron chi connectivity index (χ1n) is 17.6. The van der Waals surface area contributed by atoms with Gasteiger partial charge in [0, 0.05) is 43.9 Å². The number of hydrogen-bond acceptors (Lipinski definition) is 4. The normalized spacial score (nSPS) is 11.8. The molecule has 0 aliphatic heterocycles. The van der Waals surface area contributed by atoms with E-state index in [1.807, 2.05) is 67.6 Å². The predicted octanol–water partition coefficient (Wildman–Crippen LogP) is 10.8. The van der Waals surface area contributed by atoms with Crippen LogP contribution in [0.15, 0.2) is 120 Å². The average Bonchev–Trinajstić information content (AvgIpc) is 3.66. The van der Waals surface area contributed by atoms with E-state index < -0.39 is 8.07 Å². The van der Waals surface area contributed by atoms with E-state index in [9.17, 15) is 0 Å². The maximum absolute atomic E-state index is 6.22. The minimum atomic E-state index is -1.37. The van der Waals surface area contributed by atoms with Crippen LogP contribution >= 0.6 is 0 Å². The third-order valence-electron chi connectivity index (χ3n) is 9.00. The van der Waals surface area contributed by atoms with Crippen LogP contribution in [-0.2, 0) is 33.1 Å². The van der Waals surface area contributed by atoms with Gasteiger partial charge in [-0.2, -0.15) is 0 Å². The summed E-state index contributed by atoms with van der Waals surface area (Å²) in [5.74, 6) is 0.849. The summed E-state index contributed by atoms with van der Waals surface area (Å²) in [5, 5.41) is 3.53. The maximum atomic E-state index is 6.22. The molecule has 0 aliphatic rings. The van der Waals surface area contributed by atoms with Crippen molar-refractivity contribution >= 4 is 46.4 Å². The monoisotopic (exact) mass is 877 g/mol. The second kappa shape index (κ2) is 15.1. The fourth-order valence-electron chi connectivity index (χ4n) is 6.66. The van der Waals surface area contributed by atoms with Gasteiger partial charge in [0.05, 0.1) is 30.5 Å². The minimum absolute atomic E-state index is 0. The van der Waals surface area contributed by atoms with Crippen molar-refractivity contribution in [1.29, 1.82) is 0 Å². The van der Waals surface area contributed by atoms with Crippen LogP contribution < -0.4 is 5.19 Å². The zero-order valence-corrected chi connectivity index (χ0v) is 34.3. The van der Waals surface area contributed by atoms with E-state index in [2.05, 4.69) is 117 Å². The number of furan rings is 1. The van der Waals surface area contributed by atoms with Crippen molar-refractivity contribution in [2.45, 2.75) is 60.3 Å². The molecule has 1 radical (unpaired) electrons. The van der Waals surface area contributed by atoms with Gasteiger partial charge in [-0.3, -0.25) is 4.98 Å². The van der Waals surface area contributed by atoms with Crippen molar-refractivity contribution in [2.24, 2.45) is 5.41 Å². The molecule has 0 saturated carbocycles. The van der Waals surface area contributed by atoms with Crippen molar-refractivity contribution < 1.29 is 24.5 Å². The van der Waals surface area contributed by atoms with E-state index >= 15 is 0 Å². The molecule has 4 heterocycles. The molecule has 0 bridgehead atoms. The van der Waals surface area contributed by atoms with Crippen LogP contribution in [0.1, 0.15) is 37.6 Å². The summed E-state index contributed by atoms with van der Waals surface area (Å²) in [6, 6.07) is 43.7.